The summed E-state index contributed by atoms with van der Waals surface area (Å²) >= 11 is 0. The number of hydrogen-bond acceptors (Lipinski definition) is 7. The van der Waals surface area contributed by atoms with Crippen molar-refractivity contribution in [3.63, 3.8) is 0 Å². The Hall–Kier alpha value is -1.74. The molecule has 0 aliphatic carbocycles. The lowest BCUT2D eigenvalue weighted by molar-refractivity contribution is 0.672. The maximum atomic E-state index is 11.3. The largest absolute Gasteiger partial charge is 0.369 e. The molecule has 0 aromatic carbocycles. The lowest BCUT2D eigenvalue weighted by atomic mass is 10.3. The standard InChI is InChI=1S/C10H17N7OS/c1-6(19(2)18)3-4-12-8-7-5-13-17-9(7)15-10(14-8)16-11/h5-6H,3-4,11H2,1-2H3,(H3,12,13,14,15,16,17). The van der Waals surface area contributed by atoms with Crippen molar-refractivity contribution in [2.75, 3.05) is 23.5 Å². The average Bonchev–Trinajstić information content (AvgIpc) is 2.86. The number of anilines is 2. The van der Waals surface area contributed by atoms with Crippen LogP contribution < -0.4 is 16.6 Å². The molecule has 0 saturated heterocycles. The number of nitrogen functional groups attached to an aromatic ring is 1. The molecule has 0 aliphatic rings. The van der Waals surface area contributed by atoms with Crippen molar-refractivity contribution in [3.8, 4) is 0 Å². The van der Waals surface area contributed by atoms with Crippen molar-refractivity contribution in [1.82, 2.24) is 20.2 Å². The molecule has 8 nitrogen and oxygen atoms in total. The number of aromatic amines is 1. The van der Waals surface area contributed by atoms with Gasteiger partial charge in [0.25, 0.3) is 0 Å². The van der Waals surface area contributed by atoms with Crippen LogP contribution in [-0.2, 0) is 10.8 Å². The van der Waals surface area contributed by atoms with E-state index in [1.165, 1.54) is 0 Å². The molecule has 19 heavy (non-hydrogen) atoms. The van der Waals surface area contributed by atoms with Gasteiger partial charge >= 0.3 is 0 Å². The highest BCUT2D eigenvalue weighted by Crippen LogP contribution is 2.19. The summed E-state index contributed by atoms with van der Waals surface area (Å²) in [6.07, 6.45) is 4.15. The van der Waals surface area contributed by atoms with Gasteiger partial charge in [-0.25, -0.2) is 5.84 Å². The Labute approximate surface area is 113 Å². The van der Waals surface area contributed by atoms with Crippen molar-refractivity contribution in [1.29, 1.82) is 0 Å². The minimum absolute atomic E-state index is 0.140. The van der Waals surface area contributed by atoms with E-state index in [0.717, 1.165) is 11.8 Å². The molecule has 0 saturated carbocycles. The van der Waals surface area contributed by atoms with E-state index in [2.05, 4.69) is 30.9 Å². The lowest BCUT2D eigenvalue weighted by Crippen LogP contribution is -2.16. The number of fused-ring (bicyclic) bond motifs is 1. The van der Waals surface area contributed by atoms with Crippen molar-refractivity contribution in [2.24, 2.45) is 5.84 Å². The van der Waals surface area contributed by atoms with Crippen LogP contribution >= 0.6 is 0 Å². The SMILES string of the molecule is CC(CCNc1nc(NN)nc2[nH]ncc12)S(C)=O. The van der Waals surface area contributed by atoms with Gasteiger partial charge in [0.05, 0.1) is 11.6 Å². The molecule has 0 aliphatic heterocycles. The molecule has 104 valence electrons. The molecule has 0 radical (unpaired) electrons. The van der Waals surface area contributed by atoms with Crippen LogP contribution in [0.4, 0.5) is 11.8 Å². The van der Waals surface area contributed by atoms with Crippen LogP contribution in [0.2, 0.25) is 0 Å². The summed E-state index contributed by atoms with van der Waals surface area (Å²) in [5.41, 5.74) is 3.02. The van der Waals surface area contributed by atoms with E-state index in [4.69, 9.17) is 5.84 Å². The van der Waals surface area contributed by atoms with Crippen LogP contribution in [0.3, 0.4) is 0 Å². The molecule has 2 rings (SSSR count). The van der Waals surface area contributed by atoms with Gasteiger partial charge in [-0.05, 0) is 6.42 Å². The normalized spacial score (nSPS) is 14.3. The number of nitrogens with zero attached hydrogens (tertiary/aromatic N) is 3. The van der Waals surface area contributed by atoms with Crippen molar-refractivity contribution >= 4 is 33.6 Å². The average molecular weight is 283 g/mol. The van der Waals surface area contributed by atoms with Crippen LogP contribution in [0.5, 0.6) is 0 Å². The summed E-state index contributed by atoms with van der Waals surface area (Å²) < 4.78 is 11.3. The monoisotopic (exact) mass is 283 g/mol. The molecular weight excluding hydrogens is 266 g/mol. The lowest BCUT2D eigenvalue weighted by Gasteiger charge is -2.10. The van der Waals surface area contributed by atoms with Gasteiger partial charge in [-0.15, -0.1) is 0 Å². The number of hydrogen-bond donors (Lipinski definition) is 4. The topological polar surface area (TPSA) is 122 Å². The van der Waals surface area contributed by atoms with E-state index in [0.29, 0.717) is 24.0 Å². The molecule has 0 bridgehead atoms. The molecule has 0 amide bonds. The highest BCUT2D eigenvalue weighted by molar-refractivity contribution is 7.84. The van der Waals surface area contributed by atoms with Gasteiger partial charge in [0.2, 0.25) is 5.95 Å². The maximum absolute atomic E-state index is 11.3. The number of rotatable bonds is 6. The Bertz CT molecular complexity index is 584. The van der Waals surface area contributed by atoms with Crippen molar-refractivity contribution < 1.29 is 4.21 Å². The summed E-state index contributed by atoms with van der Waals surface area (Å²) in [4.78, 5) is 8.37. The third-order valence-corrected chi connectivity index (χ3v) is 4.22. The predicted octanol–water partition coefficient (Wildman–Crippen LogP) is 0.208. The Morgan fingerprint density at radius 3 is 3.00 bits per heavy atom. The molecule has 2 unspecified atom stereocenters. The second-order valence-electron chi connectivity index (χ2n) is 4.20. The first kappa shape index (κ1) is 13.7. The minimum atomic E-state index is -0.817. The van der Waals surface area contributed by atoms with E-state index in [1.54, 1.807) is 12.5 Å². The second-order valence-corrected chi connectivity index (χ2v) is 6.00. The van der Waals surface area contributed by atoms with E-state index in [1.807, 2.05) is 6.92 Å². The summed E-state index contributed by atoms with van der Waals surface area (Å²) in [6, 6.07) is 0. The third kappa shape index (κ3) is 3.18. The zero-order chi connectivity index (χ0) is 13.8. The molecule has 2 heterocycles. The zero-order valence-electron chi connectivity index (χ0n) is 10.8. The van der Waals surface area contributed by atoms with Crippen LogP contribution in [-0.4, -0.2) is 42.4 Å². The first-order chi connectivity index (χ1) is 9.11. The van der Waals surface area contributed by atoms with Gasteiger partial charge in [-0.2, -0.15) is 15.1 Å². The number of nitrogens with one attached hydrogen (secondary N) is 3. The van der Waals surface area contributed by atoms with E-state index in [9.17, 15) is 4.21 Å². The van der Waals surface area contributed by atoms with Crippen molar-refractivity contribution in [2.45, 2.75) is 18.6 Å². The smallest absolute Gasteiger partial charge is 0.241 e. The summed E-state index contributed by atoms with van der Waals surface area (Å²) in [7, 11) is -0.817. The fraction of sp³-hybridized carbons (Fsp3) is 0.500. The fourth-order valence-corrected chi connectivity index (χ4v) is 2.04. The molecular formula is C10H17N7OS. The van der Waals surface area contributed by atoms with Crippen LogP contribution in [0.1, 0.15) is 13.3 Å². The first-order valence-electron chi connectivity index (χ1n) is 5.85. The summed E-state index contributed by atoms with van der Waals surface area (Å²) in [5, 5.41) is 10.8. The van der Waals surface area contributed by atoms with Gasteiger partial charge in [0, 0.05) is 28.9 Å². The Kier molecular flexibility index (Phi) is 4.27. The maximum Gasteiger partial charge on any atom is 0.241 e. The molecule has 9 heteroatoms. The van der Waals surface area contributed by atoms with Gasteiger partial charge < -0.3 is 5.32 Å². The van der Waals surface area contributed by atoms with E-state index < -0.39 is 10.8 Å². The molecule has 0 fully saturated rings. The Balaban J connectivity index is 2.11. The zero-order valence-corrected chi connectivity index (χ0v) is 11.6. The number of H-pyrrole nitrogens is 1. The van der Waals surface area contributed by atoms with Crippen LogP contribution in [0, 0.1) is 0 Å². The van der Waals surface area contributed by atoms with Gasteiger partial charge in [-0.3, -0.25) is 14.7 Å². The van der Waals surface area contributed by atoms with E-state index in [-0.39, 0.29) is 5.25 Å². The molecule has 0 spiro atoms. The minimum Gasteiger partial charge on any atom is -0.369 e. The summed E-state index contributed by atoms with van der Waals surface area (Å²) in [6.45, 7) is 2.63. The fourth-order valence-electron chi connectivity index (χ4n) is 1.59. The molecule has 2 aromatic heterocycles. The highest BCUT2D eigenvalue weighted by atomic mass is 32.2. The quantitative estimate of drug-likeness (QED) is 0.441. The number of aromatic nitrogens is 4. The molecule has 2 atom stereocenters. The second kappa shape index (κ2) is 5.93. The number of nitrogens with two attached hydrogens (primary N) is 1. The van der Waals surface area contributed by atoms with Crippen molar-refractivity contribution in [3.05, 3.63) is 6.20 Å². The van der Waals surface area contributed by atoms with Gasteiger partial charge in [0.15, 0.2) is 5.65 Å². The van der Waals surface area contributed by atoms with Gasteiger partial charge in [0.1, 0.15) is 5.82 Å². The van der Waals surface area contributed by atoms with Crippen LogP contribution in [0.15, 0.2) is 6.20 Å². The first-order valence-corrected chi connectivity index (χ1v) is 7.47. The number of hydrazine groups is 1. The highest BCUT2D eigenvalue weighted by Gasteiger charge is 2.10. The molecule has 2 aromatic rings. The van der Waals surface area contributed by atoms with Gasteiger partial charge in [-0.1, -0.05) is 6.92 Å². The third-order valence-electron chi connectivity index (χ3n) is 2.85. The Morgan fingerprint density at radius 2 is 2.32 bits per heavy atom. The predicted molar refractivity (Wildman–Crippen MR) is 76.1 cm³/mol. The molecule has 5 N–H and O–H groups in total. The van der Waals surface area contributed by atoms with E-state index >= 15 is 0 Å². The Morgan fingerprint density at radius 1 is 1.53 bits per heavy atom. The van der Waals surface area contributed by atoms with Crippen LogP contribution in [0.25, 0.3) is 11.0 Å². The summed E-state index contributed by atoms with van der Waals surface area (Å²) in [5.74, 6) is 6.28.